The van der Waals surface area contributed by atoms with Crippen molar-refractivity contribution in [1.82, 2.24) is 15.1 Å². The van der Waals surface area contributed by atoms with Gasteiger partial charge in [-0.15, -0.1) is 0 Å². The number of hydrogen-bond acceptors (Lipinski definition) is 3. The first-order chi connectivity index (χ1) is 10.2. The van der Waals surface area contributed by atoms with E-state index >= 15 is 0 Å². The molecule has 0 aromatic heterocycles. The fourth-order valence-electron chi connectivity index (χ4n) is 3.57. The van der Waals surface area contributed by atoms with Crippen LogP contribution in [-0.4, -0.2) is 48.6 Å². The van der Waals surface area contributed by atoms with E-state index in [0.29, 0.717) is 5.92 Å². The van der Waals surface area contributed by atoms with Gasteiger partial charge in [-0.3, -0.25) is 10.1 Å². The summed E-state index contributed by atoms with van der Waals surface area (Å²) in [4.78, 5) is 17.2. The highest BCUT2D eigenvalue weighted by Gasteiger charge is 2.40. The second-order valence-electron chi connectivity index (χ2n) is 6.34. The molecule has 0 saturated carbocycles. The number of likely N-dealkylation sites (tertiary alicyclic amines) is 1. The van der Waals surface area contributed by atoms with Gasteiger partial charge in [-0.2, -0.15) is 0 Å². The molecule has 1 N–H and O–H groups in total. The summed E-state index contributed by atoms with van der Waals surface area (Å²) in [5, 5.41) is 3.50. The zero-order valence-corrected chi connectivity index (χ0v) is 13.0. The van der Waals surface area contributed by atoms with Gasteiger partial charge in [0.1, 0.15) is 6.04 Å². The van der Waals surface area contributed by atoms with Crippen LogP contribution in [0.3, 0.4) is 0 Å². The molecule has 4 nitrogen and oxygen atoms in total. The maximum absolute atomic E-state index is 12.8. The smallest absolute Gasteiger partial charge is 0.245 e. The van der Waals surface area contributed by atoms with E-state index in [-0.39, 0.29) is 18.1 Å². The Morgan fingerprint density at radius 2 is 2.05 bits per heavy atom. The van der Waals surface area contributed by atoms with Crippen LogP contribution in [0.25, 0.3) is 0 Å². The molecule has 2 aliphatic rings. The van der Waals surface area contributed by atoms with Gasteiger partial charge in [0.25, 0.3) is 0 Å². The molecule has 3 unspecified atom stereocenters. The topological polar surface area (TPSA) is 35.6 Å². The lowest BCUT2D eigenvalue weighted by molar-refractivity contribution is -0.130. The third-order valence-electron chi connectivity index (χ3n) is 4.73. The van der Waals surface area contributed by atoms with Gasteiger partial charge in [-0.1, -0.05) is 37.3 Å². The standard InChI is InChI=1S/C17H25N3O/c1-3-15-18-16(14-7-5-4-6-8-14)17(21)20(15)12-13-9-10-19(2)11-13/h4-8,13,15-16,18H,3,9-12H2,1-2H3. The monoisotopic (exact) mass is 287 g/mol. The number of benzene rings is 1. The molecule has 4 heteroatoms. The number of carbonyl (C=O) groups is 1. The van der Waals surface area contributed by atoms with Crippen molar-refractivity contribution in [2.75, 3.05) is 26.7 Å². The molecule has 0 radical (unpaired) electrons. The van der Waals surface area contributed by atoms with Crippen LogP contribution in [-0.2, 0) is 4.79 Å². The average molecular weight is 287 g/mol. The van der Waals surface area contributed by atoms with Crippen LogP contribution >= 0.6 is 0 Å². The fraction of sp³-hybridized carbons (Fsp3) is 0.588. The maximum atomic E-state index is 12.8. The number of rotatable bonds is 4. The summed E-state index contributed by atoms with van der Waals surface area (Å²) in [5.41, 5.74) is 1.08. The summed E-state index contributed by atoms with van der Waals surface area (Å²) in [6.45, 7) is 5.29. The summed E-state index contributed by atoms with van der Waals surface area (Å²) in [6.07, 6.45) is 2.33. The van der Waals surface area contributed by atoms with Crippen molar-refractivity contribution in [2.45, 2.75) is 32.0 Å². The predicted octanol–water partition coefficient (Wildman–Crippen LogP) is 1.85. The minimum absolute atomic E-state index is 0.171. The molecule has 2 aliphatic heterocycles. The number of amides is 1. The van der Waals surface area contributed by atoms with Gasteiger partial charge in [0.2, 0.25) is 5.91 Å². The zero-order chi connectivity index (χ0) is 14.8. The molecule has 3 atom stereocenters. The molecule has 2 heterocycles. The molecule has 0 spiro atoms. The Morgan fingerprint density at radius 1 is 1.29 bits per heavy atom. The van der Waals surface area contributed by atoms with Crippen LogP contribution in [0.4, 0.5) is 0 Å². The largest absolute Gasteiger partial charge is 0.325 e. The van der Waals surface area contributed by atoms with Gasteiger partial charge in [-0.05, 0) is 37.9 Å². The lowest BCUT2D eigenvalue weighted by Gasteiger charge is -2.26. The van der Waals surface area contributed by atoms with Gasteiger partial charge < -0.3 is 9.80 Å². The molecular formula is C17H25N3O. The molecule has 114 valence electrons. The Morgan fingerprint density at radius 3 is 2.67 bits per heavy atom. The maximum Gasteiger partial charge on any atom is 0.245 e. The van der Waals surface area contributed by atoms with Crippen molar-refractivity contribution in [3.05, 3.63) is 35.9 Å². The first-order valence-corrected chi connectivity index (χ1v) is 7.99. The van der Waals surface area contributed by atoms with Crippen molar-refractivity contribution in [3.8, 4) is 0 Å². The lowest BCUT2D eigenvalue weighted by atomic mass is 10.1. The highest BCUT2D eigenvalue weighted by atomic mass is 16.2. The van der Waals surface area contributed by atoms with E-state index in [2.05, 4.69) is 29.1 Å². The van der Waals surface area contributed by atoms with E-state index < -0.39 is 0 Å². The number of nitrogens with one attached hydrogen (secondary N) is 1. The van der Waals surface area contributed by atoms with Gasteiger partial charge >= 0.3 is 0 Å². The van der Waals surface area contributed by atoms with Crippen LogP contribution in [0.2, 0.25) is 0 Å². The average Bonchev–Trinajstić information content (AvgIpc) is 3.05. The summed E-state index contributed by atoms with van der Waals surface area (Å²) >= 11 is 0. The lowest BCUT2D eigenvalue weighted by Crippen LogP contribution is -2.40. The van der Waals surface area contributed by atoms with Crippen LogP contribution in [0.1, 0.15) is 31.4 Å². The third-order valence-corrected chi connectivity index (χ3v) is 4.73. The SMILES string of the molecule is CCC1NC(c2ccccc2)C(=O)N1CC1CCN(C)C1. The van der Waals surface area contributed by atoms with Gasteiger partial charge in [0.15, 0.2) is 0 Å². The van der Waals surface area contributed by atoms with Crippen LogP contribution < -0.4 is 5.32 Å². The van der Waals surface area contributed by atoms with Crippen LogP contribution in [0, 0.1) is 5.92 Å². The van der Waals surface area contributed by atoms with Crippen molar-refractivity contribution in [3.63, 3.8) is 0 Å². The van der Waals surface area contributed by atoms with Gasteiger partial charge in [-0.25, -0.2) is 0 Å². The highest BCUT2D eigenvalue weighted by Crippen LogP contribution is 2.27. The first kappa shape index (κ1) is 14.5. The van der Waals surface area contributed by atoms with Crippen molar-refractivity contribution in [1.29, 1.82) is 0 Å². The molecule has 3 rings (SSSR count). The second kappa shape index (κ2) is 6.16. The third kappa shape index (κ3) is 2.97. The van der Waals surface area contributed by atoms with E-state index in [0.717, 1.165) is 31.6 Å². The Kier molecular flexibility index (Phi) is 4.27. The van der Waals surface area contributed by atoms with E-state index in [9.17, 15) is 4.79 Å². The van der Waals surface area contributed by atoms with Crippen LogP contribution in [0.15, 0.2) is 30.3 Å². The van der Waals surface area contributed by atoms with E-state index in [1.165, 1.54) is 6.42 Å². The Labute approximate surface area is 127 Å². The van der Waals surface area contributed by atoms with E-state index in [1.807, 2.05) is 30.3 Å². The van der Waals surface area contributed by atoms with Crippen molar-refractivity contribution in [2.24, 2.45) is 5.92 Å². The fourth-order valence-corrected chi connectivity index (χ4v) is 3.57. The number of nitrogens with zero attached hydrogens (tertiary/aromatic N) is 2. The molecule has 1 aromatic carbocycles. The molecule has 0 aliphatic carbocycles. The second-order valence-corrected chi connectivity index (χ2v) is 6.34. The molecule has 1 amide bonds. The van der Waals surface area contributed by atoms with Crippen LogP contribution in [0.5, 0.6) is 0 Å². The molecule has 0 bridgehead atoms. The summed E-state index contributed by atoms with van der Waals surface area (Å²) < 4.78 is 0. The van der Waals surface area contributed by atoms with E-state index in [4.69, 9.17) is 0 Å². The molecule has 2 fully saturated rings. The highest BCUT2D eigenvalue weighted by molar-refractivity contribution is 5.85. The minimum Gasteiger partial charge on any atom is -0.325 e. The quantitative estimate of drug-likeness (QED) is 0.918. The zero-order valence-electron chi connectivity index (χ0n) is 13.0. The predicted molar refractivity (Wildman–Crippen MR) is 83.7 cm³/mol. The summed E-state index contributed by atoms with van der Waals surface area (Å²) in [7, 11) is 2.16. The molecule has 1 aromatic rings. The molecule has 21 heavy (non-hydrogen) atoms. The summed E-state index contributed by atoms with van der Waals surface area (Å²) in [6, 6.07) is 9.89. The Balaban J connectivity index is 1.72. The van der Waals surface area contributed by atoms with Crippen molar-refractivity contribution < 1.29 is 4.79 Å². The number of carbonyl (C=O) groups excluding carboxylic acids is 1. The van der Waals surface area contributed by atoms with Gasteiger partial charge in [0, 0.05) is 13.1 Å². The Hall–Kier alpha value is -1.39. The minimum atomic E-state index is -0.171. The first-order valence-electron chi connectivity index (χ1n) is 7.99. The van der Waals surface area contributed by atoms with Gasteiger partial charge in [0.05, 0.1) is 6.17 Å². The Bertz CT molecular complexity index is 490. The molecular weight excluding hydrogens is 262 g/mol. The van der Waals surface area contributed by atoms with E-state index in [1.54, 1.807) is 0 Å². The van der Waals surface area contributed by atoms with Crippen molar-refractivity contribution >= 4 is 5.91 Å². The number of hydrogen-bond donors (Lipinski definition) is 1. The molecule has 2 saturated heterocycles. The normalized spacial score (nSPS) is 30.3. The summed E-state index contributed by atoms with van der Waals surface area (Å²) in [5.74, 6) is 0.854.